The number of rotatable bonds is 4. The molecule has 1 aliphatic heterocycles. The largest absolute Gasteiger partial charge is 0.368 e. The summed E-state index contributed by atoms with van der Waals surface area (Å²) < 4.78 is 0. The summed E-state index contributed by atoms with van der Waals surface area (Å²) in [7, 11) is 0. The summed E-state index contributed by atoms with van der Waals surface area (Å²) in [6.07, 6.45) is 6.91. The van der Waals surface area contributed by atoms with Crippen LogP contribution in [0.2, 0.25) is 5.02 Å². The predicted octanol–water partition coefficient (Wildman–Crippen LogP) is 3.25. The fourth-order valence-corrected chi connectivity index (χ4v) is 3.75. The molecule has 0 N–H and O–H groups in total. The zero-order valence-electron chi connectivity index (χ0n) is 13.3. The van der Waals surface area contributed by atoms with Crippen molar-refractivity contribution >= 4 is 23.1 Å². The van der Waals surface area contributed by atoms with Crippen LogP contribution < -0.4 is 9.80 Å². The second-order valence-electron chi connectivity index (χ2n) is 6.34. The normalized spacial score (nSPS) is 20.0. The highest BCUT2D eigenvalue weighted by atomic mass is 35.5. The van der Waals surface area contributed by atoms with E-state index in [2.05, 4.69) is 25.8 Å². The number of hydrogen-bond donors (Lipinski definition) is 0. The van der Waals surface area contributed by atoms with Crippen LogP contribution in [0, 0.1) is 11.3 Å². The van der Waals surface area contributed by atoms with Crippen molar-refractivity contribution in [1.29, 1.82) is 5.26 Å². The minimum Gasteiger partial charge on any atom is -0.368 e. The first-order valence-corrected chi connectivity index (χ1v) is 8.63. The van der Waals surface area contributed by atoms with Gasteiger partial charge in [-0.3, -0.25) is 0 Å². The minimum atomic E-state index is 0.401. The van der Waals surface area contributed by atoms with Crippen LogP contribution >= 0.6 is 11.6 Å². The van der Waals surface area contributed by atoms with Crippen molar-refractivity contribution in [2.45, 2.75) is 31.3 Å². The van der Waals surface area contributed by atoms with Crippen LogP contribution in [-0.2, 0) is 0 Å². The molecule has 1 atom stereocenters. The first kappa shape index (κ1) is 15.2. The van der Waals surface area contributed by atoms with Gasteiger partial charge in [0.2, 0.25) is 0 Å². The third kappa shape index (κ3) is 2.78. The molecule has 2 aliphatic rings. The Hall–Kier alpha value is -2.32. The van der Waals surface area contributed by atoms with Gasteiger partial charge in [-0.1, -0.05) is 17.7 Å². The molecule has 1 aromatic carbocycles. The summed E-state index contributed by atoms with van der Waals surface area (Å²) in [5.41, 5.74) is 1.51. The van der Waals surface area contributed by atoms with E-state index in [0.29, 0.717) is 22.7 Å². The highest BCUT2D eigenvalue weighted by molar-refractivity contribution is 6.32. The van der Waals surface area contributed by atoms with Gasteiger partial charge in [-0.05, 0) is 37.5 Å². The summed E-state index contributed by atoms with van der Waals surface area (Å²) >= 11 is 6.19. The molecule has 0 radical (unpaired) electrons. The summed E-state index contributed by atoms with van der Waals surface area (Å²) in [4.78, 5) is 13.2. The molecule has 4 rings (SSSR count). The van der Waals surface area contributed by atoms with E-state index in [1.165, 1.54) is 12.8 Å². The number of benzene rings is 1. The van der Waals surface area contributed by atoms with Crippen molar-refractivity contribution in [2.24, 2.45) is 0 Å². The van der Waals surface area contributed by atoms with E-state index >= 15 is 0 Å². The Balaban J connectivity index is 1.58. The Labute approximate surface area is 146 Å². The molecule has 1 unspecified atom stereocenters. The molecule has 1 saturated carbocycles. The van der Waals surface area contributed by atoms with Crippen LogP contribution in [0.5, 0.6) is 0 Å². The average molecular weight is 340 g/mol. The van der Waals surface area contributed by atoms with E-state index in [9.17, 15) is 5.26 Å². The number of aromatic nitrogens is 2. The Bertz CT molecular complexity index is 769. The zero-order chi connectivity index (χ0) is 16.5. The van der Waals surface area contributed by atoms with Gasteiger partial charge in [0.25, 0.3) is 0 Å². The van der Waals surface area contributed by atoms with Gasteiger partial charge in [-0.2, -0.15) is 5.26 Å². The second-order valence-corrected chi connectivity index (χ2v) is 6.75. The molecule has 1 saturated heterocycles. The van der Waals surface area contributed by atoms with Crippen LogP contribution in [-0.4, -0.2) is 35.1 Å². The van der Waals surface area contributed by atoms with Crippen LogP contribution in [0.4, 0.5) is 11.5 Å². The molecule has 24 heavy (non-hydrogen) atoms. The molecule has 0 spiro atoms. The standard InChI is InChI=1S/C18H18ClN5/c19-16-2-1-3-17(15(16)10-20)23-9-7-14(11-23)24(13-4-5-13)18-6-8-21-12-22-18/h1-3,6,8,12-14H,4-5,7,9,11H2. The first-order valence-electron chi connectivity index (χ1n) is 8.26. The lowest BCUT2D eigenvalue weighted by Crippen LogP contribution is -2.40. The molecule has 122 valence electrons. The van der Waals surface area contributed by atoms with Crippen LogP contribution in [0.3, 0.4) is 0 Å². The molecule has 0 bridgehead atoms. The maximum atomic E-state index is 9.42. The quantitative estimate of drug-likeness (QED) is 0.855. The van der Waals surface area contributed by atoms with Gasteiger partial charge in [-0.15, -0.1) is 0 Å². The highest BCUT2D eigenvalue weighted by Gasteiger charge is 2.38. The molecule has 5 nitrogen and oxygen atoms in total. The molecule has 2 heterocycles. The first-order chi connectivity index (χ1) is 11.8. The summed E-state index contributed by atoms with van der Waals surface area (Å²) in [5.74, 6) is 1.01. The molecule has 2 aromatic rings. The van der Waals surface area contributed by atoms with E-state index in [-0.39, 0.29) is 0 Å². The smallest absolute Gasteiger partial charge is 0.132 e. The monoisotopic (exact) mass is 339 g/mol. The SMILES string of the molecule is N#Cc1c(Cl)cccc1N1CCC(N(c2ccncn2)C2CC2)C1. The Kier molecular flexibility index (Phi) is 3.99. The van der Waals surface area contributed by atoms with Crippen molar-refractivity contribution in [3.63, 3.8) is 0 Å². The lowest BCUT2D eigenvalue weighted by atomic mass is 10.1. The maximum Gasteiger partial charge on any atom is 0.132 e. The van der Waals surface area contributed by atoms with Gasteiger partial charge >= 0.3 is 0 Å². The van der Waals surface area contributed by atoms with E-state index < -0.39 is 0 Å². The predicted molar refractivity (Wildman–Crippen MR) is 94.3 cm³/mol. The van der Waals surface area contributed by atoms with E-state index in [4.69, 9.17) is 11.6 Å². The topological polar surface area (TPSA) is 56.1 Å². The lowest BCUT2D eigenvalue weighted by Gasteiger charge is -2.30. The van der Waals surface area contributed by atoms with Gasteiger partial charge in [0.05, 0.1) is 16.3 Å². The van der Waals surface area contributed by atoms with Crippen molar-refractivity contribution < 1.29 is 0 Å². The summed E-state index contributed by atoms with van der Waals surface area (Å²) in [5, 5.41) is 9.94. The van der Waals surface area contributed by atoms with Crippen molar-refractivity contribution in [1.82, 2.24) is 9.97 Å². The Morgan fingerprint density at radius 1 is 1.21 bits per heavy atom. The van der Waals surface area contributed by atoms with Gasteiger partial charge in [0.15, 0.2) is 0 Å². The molecule has 0 amide bonds. The Morgan fingerprint density at radius 2 is 2.08 bits per heavy atom. The molecule has 6 heteroatoms. The number of anilines is 2. The number of halogens is 1. The van der Waals surface area contributed by atoms with Crippen molar-refractivity contribution in [3.05, 3.63) is 47.4 Å². The number of nitriles is 1. The highest BCUT2D eigenvalue weighted by Crippen LogP contribution is 2.36. The van der Waals surface area contributed by atoms with Gasteiger partial charge < -0.3 is 9.80 Å². The van der Waals surface area contributed by atoms with Gasteiger partial charge in [0.1, 0.15) is 18.2 Å². The van der Waals surface area contributed by atoms with Gasteiger partial charge in [0, 0.05) is 31.4 Å². The number of nitrogens with zero attached hydrogens (tertiary/aromatic N) is 5. The fraction of sp³-hybridized carbons (Fsp3) is 0.389. The van der Waals surface area contributed by atoms with E-state index in [1.54, 1.807) is 18.6 Å². The third-order valence-corrected chi connectivity index (χ3v) is 5.09. The summed E-state index contributed by atoms with van der Waals surface area (Å²) in [6.45, 7) is 1.81. The number of hydrogen-bond acceptors (Lipinski definition) is 5. The van der Waals surface area contributed by atoms with Crippen LogP contribution in [0.25, 0.3) is 0 Å². The van der Waals surface area contributed by atoms with E-state index in [1.807, 2.05) is 18.2 Å². The van der Waals surface area contributed by atoms with E-state index in [0.717, 1.165) is 31.0 Å². The Morgan fingerprint density at radius 3 is 2.79 bits per heavy atom. The zero-order valence-corrected chi connectivity index (χ0v) is 14.0. The van der Waals surface area contributed by atoms with Crippen molar-refractivity contribution in [3.8, 4) is 6.07 Å². The van der Waals surface area contributed by atoms with Crippen molar-refractivity contribution in [2.75, 3.05) is 22.9 Å². The molecular weight excluding hydrogens is 322 g/mol. The van der Waals surface area contributed by atoms with Crippen LogP contribution in [0.15, 0.2) is 36.8 Å². The maximum absolute atomic E-state index is 9.42. The van der Waals surface area contributed by atoms with Gasteiger partial charge in [-0.25, -0.2) is 9.97 Å². The molecular formula is C18H18ClN5. The average Bonchev–Trinajstić information content (AvgIpc) is 3.32. The summed E-state index contributed by atoms with van der Waals surface area (Å²) in [6, 6.07) is 10.9. The molecule has 1 aromatic heterocycles. The lowest BCUT2D eigenvalue weighted by molar-refractivity contribution is 0.625. The molecule has 1 aliphatic carbocycles. The molecule has 2 fully saturated rings. The second kappa shape index (κ2) is 6.29. The minimum absolute atomic E-state index is 0.401. The third-order valence-electron chi connectivity index (χ3n) is 4.77. The fourth-order valence-electron chi connectivity index (χ4n) is 3.54. The van der Waals surface area contributed by atoms with Crippen LogP contribution in [0.1, 0.15) is 24.8 Å².